The van der Waals surface area contributed by atoms with Crippen molar-refractivity contribution in [1.29, 1.82) is 0 Å². The van der Waals surface area contributed by atoms with Gasteiger partial charge in [0.15, 0.2) is 0 Å². The summed E-state index contributed by atoms with van der Waals surface area (Å²) in [6, 6.07) is 9.51. The number of rotatable bonds is 7. The SMILES string of the molecule is [2H]C([2H])([2H])C([2H])(NC(C)C(O)c1ccc(O)cc1)C([2H])([2H])Oc1ccccc1. The molecule has 0 aliphatic carbocycles. The lowest BCUT2D eigenvalue weighted by Gasteiger charge is -2.25. The monoisotopic (exact) mass is 307 g/mol. The van der Waals surface area contributed by atoms with Crippen LogP contribution in [0.3, 0.4) is 0 Å². The molecule has 0 heterocycles. The van der Waals surface area contributed by atoms with E-state index in [9.17, 15) is 10.2 Å². The summed E-state index contributed by atoms with van der Waals surface area (Å²) in [7, 11) is 0. The number of hydrogen-bond acceptors (Lipinski definition) is 4. The number of aromatic hydroxyl groups is 1. The smallest absolute Gasteiger partial charge is 0.119 e. The number of ether oxygens (including phenoxy) is 1. The first-order valence-electron chi connectivity index (χ1n) is 9.86. The van der Waals surface area contributed by atoms with Gasteiger partial charge in [-0.25, -0.2) is 0 Å². The van der Waals surface area contributed by atoms with Crippen molar-refractivity contribution in [2.45, 2.75) is 31.9 Å². The molecule has 0 radical (unpaired) electrons. The maximum absolute atomic E-state index is 10.5. The zero-order valence-corrected chi connectivity index (χ0v) is 12.2. The zero-order valence-electron chi connectivity index (χ0n) is 18.2. The maximum atomic E-state index is 10.5. The summed E-state index contributed by atoms with van der Waals surface area (Å²) in [5, 5.41) is 22.2. The first-order chi connectivity index (χ1) is 12.9. The molecule has 0 fully saturated rings. The van der Waals surface area contributed by atoms with E-state index in [4.69, 9.17) is 13.0 Å². The largest absolute Gasteiger partial charge is 0.508 e. The lowest BCUT2D eigenvalue weighted by Crippen LogP contribution is -2.41. The van der Waals surface area contributed by atoms with Crippen LogP contribution in [0.15, 0.2) is 54.6 Å². The predicted octanol–water partition coefficient (Wildman–Crippen LogP) is 2.87. The van der Waals surface area contributed by atoms with Crippen LogP contribution in [0.25, 0.3) is 0 Å². The lowest BCUT2D eigenvalue weighted by molar-refractivity contribution is 0.124. The second-order valence-corrected chi connectivity index (χ2v) is 4.86. The van der Waals surface area contributed by atoms with E-state index in [1.165, 1.54) is 43.3 Å². The average molecular weight is 307 g/mol. The fourth-order valence-corrected chi connectivity index (χ4v) is 1.89. The van der Waals surface area contributed by atoms with Gasteiger partial charge < -0.3 is 20.3 Å². The molecular weight excluding hydrogens is 278 g/mol. The van der Waals surface area contributed by atoms with E-state index in [0.717, 1.165) is 0 Å². The van der Waals surface area contributed by atoms with Gasteiger partial charge in [0.05, 0.1) is 8.85 Å². The number of hydrogen-bond donors (Lipinski definition) is 3. The van der Waals surface area contributed by atoms with Gasteiger partial charge >= 0.3 is 0 Å². The number of benzene rings is 2. The molecular formula is C18H23NO3. The summed E-state index contributed by atoms with van der Waals surface area (Å²) in [4.78, 5) is 0. The molecule has 118 valence electrons. The standard InChI is InChI=1S/C18H23NO3/c1-13(12-22-17-6-4-3-5-7-17)19-14(2)18(21)15-8-10-16(20)11-9-15/h3-11,13-14,18-21H,12H2,1-2H3/i1D3,12D2,13D. The van der Waals surface area contributed by atoms with Crippen molar-refractivity contribution in [3.8, 4) is 11.5 Å². The number of nitrogens with one attached hydrogen (secondary N) is 1. The number of phenolic OH excluding ortho intramolecular Hbond substituents is 1. The van der Waals surface area contributed by atoms with Crippen LogP contribution in [0.2, 0.25) is 0 Å². The number of phenols is 1. The molecule has 3 N–H and O–H groups in total. The van der Waals surface area contributed by atoms with Crippen LogP contribution in [0.1, 0.15) is 33.7 Å². The minimum Gasteiger partial charge on any atom is -0.508 e. The van der Waals surface area contributed by atoms with Gasteiger partial charge in [-0.05, 0) is 43.6 Å². The molecule has 0 saturated carbocycles. The Labute approximate surface area is 139 Å². The van der Waals surface area contributed by atoms with E-state index < -0.39 is 31.6 Å². The molecule has 22 heavy (non-hydrogen) atoms. The maximum Gasteiger partial charge on any atom is 0.119 e. The molecule has 0 saturated heterocycles. The summed E-state index contributed by atoms with van der Waals surface area (Å²) in [5.41, 5.74) is 0.371. The van der Waals surface area contributed by atoms with Crippen LogP contribution in [-0.4, -0.2) is 28.8 Å². The van der Waals surface area contributed by atoms with Crippen molar-refractivity contribution in [3.63, 3.8) is 0 Å². The van der Waals surface area contributed by atoms with E-state index in [2.05, 4.69) is 5.32 Å². The normalized spacial score (nSPS) is 21.7. The van der Waals surface area contributed by atoms with Crippen molar-refractivity contribution >= 4 is 0 Å². The van der Waals surface area contributed by atoms with E-state index in [1.807, 2.05) is 0 Å². The van der Waals surface area contributed by atoms with Crippen molar-refractivity contribution < 1.29 is 23.2 Å². The highest BCUT2D eigenvalue weighted by molar-refractivity contribution is 5.28. The summed E-state index contributed by atoms with van der Waals surface area (Å²) in [6.07, 6.45) is -1.25. The Morgan fingerprint density at radius 1 is 1.23 bits per heavy atom. The molecule has 2 rings (SSSR count). The first kappa shape index (κ1) is 9.87. The Bertz CT molecular complexity index is 769. The van der Waals surface area contributed by atoms with Gasteiger partial charge in [0.25, 0.3) is 0 Å². The molecule has 3 atom stereocenters. The van der Waals surface area contributed by atoms with E-state index in [1.54, 1.807) is 18.2 Å². The van der Waals surface area contributed by atoms with Gasteiger partial charge in [0.1, 0.15) is 18.1 Å². The van der Waals surface area contributed by atoms with Crippen molar-refractivity contribution in [3.05, 3.63) is 60.2 Å². The molecule has 2 aromatic rings. The molecule has 0 spiro atoms. The van der Waals surface area contributed by atoms with Gasteiger partial charge in [-0.2, -0.15) is 0 Å². The van der Waals surface area contributed by atoms with E-state index in [-0.39, 0.29) is 11.5 Å². The molecule has 0 aliphatic heterocycles. The molecule has 2 aromatic carbocycles. The molecule has 0 aromatic heterocycles. The number of aliphatic hydroxyl groups is 1. The highest BCUT2D eigenvalue weighted by Gasteiger charge is 2.18. The van der Waals surface area contributed by atoms with Crippen LogP contribution < -0.4 is 10.1 Å². The molecule has 0 amide bonds. The second kappa shape index (κ2) is 7.82. The van der Waals surface area contributed by atoms with E-state index >= 15 is 0 Å². The van der Waals surface area contributed by atoms with Crippen LogP contribution in [0.5, 0.6) is 11.5 Å². The molecule has 4 nitrogen and oxygen atoms in total. The Morgan fingerprint density at radius 2 is 1.91 bits per heavy atom. The highest BCUT2D eigenvalue weighted by atomic mass is 16.5. The van der Waals surface area contributed by atoms with Gasteiger partial charge in [-0.1, -0.05) is 30.3 Å². The van der Waals surface area contributed by atoms with E-state index in [0.29, 0.717) is 5.56 Å². The fraction of sp³-hybridized carbons (Fsp3) is 0.333. The quantitative estimate of drug-likeness (QED) is 0.736. The van der Waals surface area contributed by atoms with Gasteiger partial charge in [0, 0.05) is 17.5 Å². The van der Waals surface area contributed by atoms with Crippen molar-refractivity contribution in [2.24, 2.45) is 0 Å². The Morgan fingerprint density at radius 3 is 2.55 bits per heavy atom. The Balaban J connectivity index is 2.29. The first-order valence-corrected chi connectivity index (χ1v) is 6.86. The second-order valence-electron chi connectivity index (χ2n) is 4.86. The minimum atomic E-state index is -3.12. The third kappa shape index (κ3) is 4.76. The van der Waals surface area contributed by atoms with Gasteiger partial charge in [-0.3, -0.25) is 0 Å². The third-order valence-corrected chi connectivity index (χ3v) is 3.09. The van der Waals surface area contributed by atoms with Crippen molar-refractivity contribution in [2.75, 3.05) is 6.56 Å². The number of para-hydroxylation sites is 1. The lowest BCUT2D eigenvalue weighted by atomic mass is 10.0. The highest BCUT2D eigenvalue weighted by Crippen LogP contribution is 2.20. The zero-order chi connectivity index (χ0) is 21.2. The summed E-state index contributed by atoms with van der Waals surface area (Å²) in [6.45, 7) is -4.64. The molecule has 0 bridgehead atoms. The predicted molar refractivity (Wildman–Crippen MR) is 87.1 cm³/mol. The van der Waals surface area contributed by atoms with Crippen LogP contribution >= 0.6 is 0 Å². The Kier molecular flexibility index (Phi) is 3.51. The topological polar surface area (TPSA) is 61.7 Å². The summed E-state index contributed by atoms with van der Waals surface area (Å²) in [5.74, 6) is 0.0726. The fourth-order valence-electron chi connectivity index (χ4n) is 1.89. The van der Waals surface area contributed by atoms with Crippen LogP contribution in [-0.2, 0) is 0 Å². The average Bonchev–Trinajstić information content (AvgIpc) is 2.61. The third-order valence-electron chi connectivity index (χ3n) is 3.09. The van der Waals surface area contributed by atoms with Gasteiger partial charge in [-0.15, -0.1) is 0 Å². The number of aliphatic hydroxyl groups excluding tert-OH is 1. The molecule has 0 aliphatic rings. The molecule has 3 unspecified atom stereocenters. The summed E-state index contributed by atoms with van der Waals surface area (Å²) < 4.78 is 53.1. The van der Waals surface area contributed by atoms with Crippen molar-refractivity contribution in [1.82, 2.24) is 5.32 Å². The Hall–Kier alpha value is -2.04. The molecule has 4 heteroatoms. The van der Waals surface area contributed by atoms with Crippen LogP contribution in [0.4, 0.5) is 0 Å². The summed E-state index contributed by atoms with van der Waals surface area (Å²) >= 11 is 0. The van der Waals surface area contributed by atoms with Gasteiger partial charge in [0.2, 0.25) is 0 Å². The van der Waals surface area contributed by atoms with Crippen LogP contribution in [0, 0.1) is 0 Å². The minimum absolute atomic E-state index is 0.00138.